The lowest BCUT2D eigenvalue weighted by Gasteiger charge is -2.16. The van der Waals surface area contributed by atoms with Crippen molar-refractivity contribution in [1.82, 2.24) is 15.6 Å². The van der Waals surface area contributed by atoms with Crippen molar-refractivity contribution in [3.8, 4) is 0 Å². The van der Waals surface area contributed by atoms with Crippen LogP contribution in [0.1, 0.15) is 24.9 Å². The van der Waals surface area contributed by atoms with Gasteiger partial charge in [0.05, 0.1) is 12.6 Å². The Kier molecular flexibility index (Phi) is 4.77. The highest BCUT2D eigenvalue weighted by atomic mass is 16.1. The van der Waals surface area contributed by atoms with Crippen LogP contribution in [0.3, 0.4) is 0 Å². The Hall–Kier alpha value is -1.42. The monoisotopic (exact) mass is 207 g/mol. The van der Waals surface area contributed by atoms with Crippen molar-refractivity contribution in [2.75, 3.05) is 13.6 Å². The van der Waals surface area contributed by atoms with Gasteiger partial charge in [0.25, 0.3) is 0 Å². The molecule has 0 spiro atoms. The van der Waals surface area contributed by atoms with Crippen molar-refractivity contribution in [3.63, 3.8) is 0 Å². The van der Waals surface area contributed by atoms with E-state index in [1.807, 2.05) is 19.1 Å². The lowest BCUT2D eigenvalue weighted by Crippen LogP contribution is -2.34. The molecule has 1 aromatic heterocycles. The van der Waals surface area contributed by atoms with Gasteiger partial charge in [-0.05, 0) is 31.2 Å². The van der Waals surface area contributed by atoms with Crippen LogP contribution in [-0.4, -0.2) is 24.5 Å². The van der Waals surface area contributed by atoms with Gasteiger partial charge in [0.2, 0.25) is 5.91 Å². The molecule has 0 radical (unpaired) electrons. The summed E-state index contributed by atoms with van der Waals surface area (Å²) < 4.78 is 0. The van der Waals surface area contributed by atoms with Gasteiger partial charge >= 0.3 is 0 Å². The molecule has 0 aliphatic rings. The third-order valence-corrected chi connectivity index (χ3v) is 2.19. The molecule has 0 saturated carbocycles. The summed E-state index contributed by atoms with van der Waals surface area (Å²) in [5, 5.41) is 5.78. The average molecular weight is 207 g/mol. The van der Waals surface area contributed by atoms with E-state index in [2.05, 4.69) is 15.6 Å². The number of hydrogen-bond acceptors (Lipinski definition) is 3. The molecule has 1 atom stereocenters. The van der Waals surface area contributed by atoms with Gasteiger partial charge in [0, 0.05) is 12.4 Å². The highest BCUT2D eigenvalue weighted by Crippen LogP contribution is 2.14. The van der Waals surface area contributed by atoms with E-state index in [0.717, 1.165) is 12.0 Å². The number of amides is 1. The van der Waals surface area contributed by atoms with Crippen LogP contribution in [0, 0.1) is 0 Å². The van der Waals surface area contributed by atoms with Crippen molar-refractivity contribution < 1.29 is 4.79 Å². The zero-order chi connectivity index (χ0) is 11.1. The minimum absolute atomic E-state index is 0.0150. The molecule has 1 aromatic rings. The van der Waals surface area contributed by atoms with Gasteiger partial charge in [-0.3, -0.25) is 9.78 Å². The molecule has 0 bridgehead atoms. The zero-order valence-electron chi connectivity index (χ0n) is 9.16. The largest absolute Gasteiger partial charge is 0.348 e. The molecule has 0 aromatic carbocycles. The van der Waals surface area contributed by atoms with Crippen LogP contribution >= 0.6 is 0 Å². The summed E-state index contributed by atoms with van der Waals surface area (Å²) in [7, 11) is 1.76. The summed E-state index contributed by atoms with van der Waals surface area (Å²) in [5.74, 6) is 0.0150. The van der Waals surface area contributed by atoms with Crippen molar-refractivity contribution in [2.45, 2.75) is 19.4 Å². The maximum atomic E-state index is 11.4. The Labute approximate surface area is 90.1 Å². The number of rotatable bonds is 5. The van der Waals surface area contributed by atoms with Gasteiger partial charge in [-0.1, -0.05) is 6.92 Å². The smallest absolute Gasteiger partial charge is 0.234 e. The third kappa shape index (κ3) is 3.67. The molecule has 4 heteroatoms. The van der Waals surface area contributed by atoms with Gasteiger partial charge in [0.15, 0.2) is 0 Å². The van der Waals surface area contributed by atoms with Gasteiger partial charge < -0.3 is 10.6 Å². The van der Waals surface area contributed by atoms with Crippen molar-refractivity contribution in [2.24, 2.45) is 0 Å². The van der Waals surface area contributed by atoms with E-state index in [1.165, 1.54) is 0 Å². The topological polar surface area (TPSA) is 54.0 Å². The molecule has 1 rings (SSSR count). The fourth-order valence-electron chi connectivity index (χ4n) is 1.42. The van der Waals surface area contributed by atoms with Gasteiger partial charge in [-0.2, -0.15) is 0 Å². The fourth-order valence-corrected chi connectivity index (χ4v) is 1.42. The molecule has 15 heavy (non-hydrogen) atoms. The van der Waals surface area contributed by atoms with Crippen LogP contribution in [0.15, 0.2) is 24.5 Å². The summed E-state index contributed by atoms with van der Waals surface area (Å²) in [6.45, 7) is 2.40. The molecule has 82 valence electrons. The zero-order valence-corrected chi connectivity index (χ0v) is 9.16. The van der Waals surface area contributed by atoms with E-state index in [9.17, 15) is 4.79 Å². The predicted molar refractivity (Wildman–Crippen MR) is 59.3 cm³/mol. The second-order valence-corrected chi connectivity index (χ2v) is 3.34. The number of hydrogen-bond donors (Lipinski definition) is 2. The molecule has 2 N–H and O–H groups in total. The highest BCUT2D eigenvalue weighted by molar-refractivity contribution is 5.78. The van der Waals surface area contributed by atoms with Crippen molar-refractivity contribution in [3.05, 3.63) is 30.1 Å². The number of pyridine rings is 1. The summed E-state index contributed by atoms with van der Waals surface area (Å²) in [6, 6.07) is 3.93. The first-order valence-corrected chi connectivity index (χ1v) is 5.11. The van der Waals surface area contributed by atoms with Crippen LogP contribution in [-0.2, 0) is 4.79 Å². The van der Waals surface area contributed by atoms with Crippen LogP contribution in [0.25, 0.3) is 0 Å². The lowest BCUT2D eigenvalue weighted by molar-refractivity contribution is -0.120. The summed E-state index contributed by atoms with van der Waals surface area (Å²) in [4.78, 5) is 15.3. The minimum Gasteiger partial charge on any atom is -0.348 e. The first kappa shape index (κ1) is 11.7. The summed E-state index contributed by atoms with van der Waals surface area (Å²) >= 11 is 0. The summed E-state index contributed by atoms with van der Waals surface area (Å²) in [5.41, 5.74) is 1.09. The Morgan fingerprint density at radius 2 is 2.13 bits per heavy atom. The maximum Gasteiger partial charge on any atom is 0.234 e. The quantitative estimate of drug-likeness (QED) is 0.753. The number of nitrogens with zero attached hydrogens (tertiary/aromatic N) is 1. The lowest BCUT2D eigenvalue weighted by atomic mass is 10.1. The molecule has 0 aliphatic carbocycles. The van der Waals surface area contributed by atoms with Gasteiger partial charge in [-0.15, -0.1) is 0 Å². The molecule has 1 amide bonds. The van der Waals surface area contributed by atoms with Gasteiger partial charge in [0.1, 0.15) is 0 Å². The Balaban J connectivity index is 2.61. The van der Waals surface area contributed by atoms with Crippen molar-refractivity contribution in [1.29, 1.82) is 0 Å². The van der Waals surface area contributed by atoms with E-state index in [0.29, 0.717) is 6.54 Å². The maximum absolute atomic E-state index is 11.4. The standard InChI is InChI=1S/C11H17N3O/c1-3-10(14-11(15)8-12-2)9-4-6-13-7-5-9/h4-7,10,12H,3,8H2,1-2H3,(H,14,15). The Bertz CT molecular complexity index is 300. The first-order chi connectivity index (χ1) is 7.27. The molecule has 0 saturated heterocycles. The number of nitrogens with one attached hydrogen (secondary N) is 2. The van der Waals surface area contributed by atoms with E-state index < -0.39 is 0 Å². The second-order valence-electron chi connectivity index (χ2n) is 3.34. The number of likely N-dealkylation sites (N-methyl/N-ethyl adjacent to an activating group) is 1. The van der Waals surface area contributed by atoms with Crippen LogP contribution in [0.5, 0.6) is 0 Å². The molecule has 0 aliphatic heterocycles. The molecular formula is C11H17N3O. The van der Waals surface area contributed by atoms with E-state index in [1.54, 1.807) is 19.4 Å². The number of carbonyl (C=O) groups excluding carboxylic acids is 1. The van der Waals surface area contributed by atoms with Crippen LogP contribution in [0.4, 0.5) is 0 Å². The van der Waals surface area contributed by atoms with Crippen LogP contribution < -0.4 is 10.6 Å². The predicted octanol–water partition coefficient (Wildman–Crippen LogP) is 0.868. The molecule has 1 unspecified atom stereocenters. The summed E-state index contributed by atoms with van der Waals surface area (Å²) in [6.07, 6.45) is 4.35. The highest BCUT2D eigenvalue weighted by Gasteiger charge is 2.11. The van der Waals surface area contributed by atoms with Crippen molar-refractivity contribution >= 4 is 5.91 Å². The first-order valence-electron chi connectivity index (χ1n) is 5.11. The average Bonchev–Trinajstić information content (AvgIpc) is 2.27. The van der Waals surface area contributed by atoms with Crippen LogP contribution in [0.2, 0.25) is 0 Å². The Morgan fingerprint density at radius 1 is 1.47 bits per heavy atom. The second kappa shape index (κ2) is 6.14. The minimum atomic E-state index is 0.0150. The molecule has 0 fully saturated rings. The fraction of sp³-hybridized carbons (Fsp3) is 0.455. The van der Waals surface area contributed by atoms with E-state index in [4.69, 9.17) is 0 Å². The molecular weight excluding hydrogens is 190 g/mol. The van der Waals surface area contributed by atoms with E-state index >= 15 is 0 Å². The van der Waals surface area contributed by atoms with Gasteiger partial charge in [-0.25, -0.2) is 0 Å². The molecule has 4 nitrogen and oxygen atoms in total. The van der Waals surface area contributed by atoms with E-state index in [-0.39, 0.29) is 11.9 Å². The molecule has 1 heterocycles. The normalized spacial score (nSPS) is 12.1. The third-order valence-electron chi connectivity index (χ3n) is 2.19. The Morgan fingerprint density at radius 3 is 2.67 bits per heavy atom. The SMILES string of the molecule is CCC(NC(=O)CNC)c1ccncc1. The number of aromatic nitrogens is 1. The number of carbonyl (C=O) groups is 1.